The van der Waals surface area contributed by atoms with Crippen LogP contribution in [-0.2, 0) is 42.2 Å². The van der Waals surface area contributed by atoms with Crippen LogP contribution in [0.3, 0.4) is 0 Å². The Morgan fingerprint density at radius 1 is 0.556 bits per heavy atom. The van der Waals surface area contributed by atoms with Crippen molar-refractivity contribution in [2.45, 2.75) is 110 Å². The van der Waals surface area contributed by atoms with Gasteiger partial charge in [-0.25, -0.2) is 0 Å². The van der Waals surface area contributed by atoms with Gasteiger partial charge in [0.1, 0.15) is 0 Å². The van der Waals surface area contributed by atoms with E-state index in [0.29, 0.717) is 0 Å². The summed E-state index contributed by atoms with van der Waals surface area (Å²) in [5, 5.41) is 0. The molecule has 252 valence electrons. The molecule has 45 heavy (non-hydrogen) atoms. The van der Waals surface area contributed by atoms with Crippen LogP contribution in [0, 0.1) is 0 Å². The fraction of sp³-hybridized carbons (Fsp3) is 0.636. The van der Waals surface area contributed by atoms with Gasteiger partial charge in [-0.15, -0.1) is 0 Å². The molecule has 0 radical (unpaired) electrons. The average molecular weight is 695 g/mol. The summed E-state index contributed by atoms with van der Waals surface area (Å²) in [6, 6.07) is 15.8. The Morgan fingerprint density at radius 2 is 0.889 bits per heavy atom. The Morgan fingerprint density at radius 3 is 1.22 bits per heavy atom. The van der Waals surface area contributed by atoms with Gasteiger partial charge in [0.15, 0.2) is 12.6 Å². The third-order valence-electron chi connectivity index (χ3n) is 8.35. The molecular weight excluding hydrogens is 642 g/mol. The van der Waals surface area contributed by atoms with Crippen LogP contribution in [0.4, 0.5) is 0 Å². The van der Waals surface area contributed by atoms with E-state index in [-0.39, 0.29) is 48.2 Å². The first-order valence-electron chi connectivity index (χ1n) is 15.2. The molecule has 2 saturated heterocycles. The number of ether oxygens (including phenoxy) is 4. The molecule has 2 aromatic carbocycles. The molecule has 0 aliphatic carbocycles. The molecule has 2 aliphatic heterocycles. The van der Waals surface area contributed by atoms with Crippen molar-refractivity contribution in [3.05, 3.63) is 64.1 Å². The van der Waals surface area contributed by atoms with Crippen molar-refractivity contribution in [2.24, 2.45) is 0 Å². The molecule has 9 nitrogen and oxygen atoms in total. The predicted molar refractivity (Wildman–Crippen MR) is 182 cm³/mol. The Kier molecular flexibility index (Phi) is 14.8. The number of methoxy groups -OCH3 is 4. The molecule has 4 rings (SSSR count). The summed E-state index contributed by atoms with van der Waals surface area (Å²) < 4.78 is 50.4. The Hall–Kier alpha value is -1.31. The van der Waals surface area contributed by atoms with Crippen LogP contribution >= 0.6 is 15.9 Å². The van der Waals surface area contributed by atoms with Crippen LogP contribution in [0.1, 0.15) is 92.9 Å². The normalized spacial score (nSPS) is 19.4. The number of rotatable bonds is 9. The van der Waals surface area contributed by atoms with Crippen LogP contribution < -0.4 is 5.46 Å². The summed E-state index contributed by atoms with van der Waals surface area (Å²) in [6.45, 7) is 20.2. The van der Waals surface area contributed by atoms with E-state index >= 15 is 0 Å². The highest BCUT2D eigenvalue weighted by Crippen LogP contribution is 2.37. The molecule has 2 aliphatic rings. The molecule has 0 spiro atoms. The first kappa shape index (κ1) is 39.9. The lowest BCUT2D eigenvalue weighted by Crippen LogP contribution is -2.41. The van der Waals surface area contributed by atoms with Crippen LogP contribution in [-0.4, -0.2) is 71.4 Å². The van der Waals surface area contributed by atoms with E-state index in [1.54, 1.807) is 28.4 Å². The molecule has 0 amide bonds. The second-order valence-corrected chi connectivity index (χ2v) is 14.1. The van der Waals surface area contributed by atoms with Gasteiger partial charge in [0, 0.05) is 50.1 Å². The zero-order valence-corrected chi connectivity index (χ0v) is 31.1. The monoisotopic (exact) mass is 694 g/mol. The molecule has 0 N–H and O–H groups in total. The van der Waals surface area contributed by atoms with Gasteiger partial charge in [-0.05, 0) is 86.8 Å². The number of halogens is 1. The van der Waals surface area contributed by atoms with Gasteiger partial charge in [-0.3, -0.25) is 0 Å². The summed E-state index contributed by atoms with van der Waals surface area (Å²) in [5.74, 6) is 0. The molecule has 2 fully saturated rings. The topological polar surface area (TPSA) is 83.1 Å². The van der Waals surface area contributed by atoms with Gasteiger partial charge in [0.2, 0.25) is 0 Å². The van der Waals surface area contributed by atoms with Crippen LogP contribution in [0.2, 0.25) is 0 Å². The highest BCUT2D eigenvalue weighted by Gasteiger charge is 2.53. The molecule has 0 bridgehead atoms. The second kappa shape index (κ2) is 16.7. The summed E-state index contributed by atoms with van der Waals surface area (Å²) in [4.78, 5) is 0. The quantitative estimate of drug-likeness (QED) is 0.203. The Labute approximate surface area is 280 Å². The maximum Gasteiger partial charge on any atom is 0.640 e. The van der Waals surface area contributed by atoms with E-state index in [1.165, 1.54) is 0 Å². The van der Waals surface area contributed by atoms with Gasteiger partial charge < -0.3 is 42.2 Å². The Bertz CT molecular complexity index is 1120. The van der Waals surface area contributed by atoms with E-state index in [0.717, 1.165) is 21.1 Å². The number of benzene rings is 2. The first-order valence-corrected chi connectivity index (χ1v) is 16.0. The maximum atomic E-state index is 6.02. The maximum absolute atomic E-state index is 6.02. The molecule has 0 saturated carbocycles. The minimum Gasteiger partial charge on any atom is -0.399 e. The lowest BCUT2D eigenvalue weighted by atomic mass is 9.79. The average Bonchev–Trinajstić information content (AvgIpc) is 3.30. The first-order chi connectivity index (χ1) is 20.8. The van der Waals surface area contributed by atoms with Crippen molar-refractivity contribution in [3.63, 3.8) is 0 Å². The van der Waals surface area contributed by atoms with Gasteiger partial charge >= 0.3 is 14.4 Å². The molecular formula is C33H53B2BrO9. The van der Waals surface area contributed by atoms with Gasteiger partial charge in [0.25, 0.3) is 0 Å². The van der Waals surface area contributed by atoms with Crippen LogP contribution in [0.25, 0.3) is 0 Å². The van der Waals surface area contributed by atoms with Crippen molar-refractivity contribution in [2.75, 3.05) is 28.4 Å². The highest BCUT2D eigenvalue weighted by molar-refractivity contribution is 9.10. The summed E-state index contributed by atoms with van der Waals surface area (Å²) >= 11 is 3.36. The second-order valence-electron chi connectivity index (χ2n) is 13.1. The fourth-order valence-corrected chi connectivity index (χ4v) is 4.48. The van der Waals surface area contributed by atoms with Crippen molar-refractivity contribution in [1.29, 1.82) is 0 Å². The standard InChI is InChI=1S/C15H23BO4.C9H19BO3.C9H11BrO2/c1-14(2)15(3,4)20-16(19-14)12-9-7-11(8-10-12)13(17-5)18-6;1-7(2)11-10-12-8(3,4)9(5,6)13-10;1-11-9(12-2)7-3-5-8(10)6-4-7/h7-10,13H,1-6H3;7H,1-6H3;3-6,9H,1-2H3. The molecule has 0 aromatic heterocycles. The van der Waals surface area contributed by atoms with E-state index < -0.39 is 7.32 Å². The zero-order valence-electron chi connectivity index (χ0n) is 29.6. The predicted octanol–water partition coefficient (Wildman–Crippen LogP) is 7.02. The van der Waals surface area contributed by atoms with Gasteiger partial charge in [0.05, 0.1) is 22.4 Å². The fourth-order valence-electron chi connectivity index (χ4n) is 4.21. The zero-order chi connectivity index (χ0) is 34.2. The Balaban J connectivity index is 0.000000247. The van der Waals surface area contributed by atoms with Gasteiger partial charge in [-0.2, -0.15) is 0 Å². The lowest BCUT2D eigenvalue weighted by Gasteiger charge is -2.32. The third kappa shape index (κ3) is 10.9. The lowest BCUT2D eigenvalue weighted by molar-refractivity contribution is -0.106. The van der Waals surface area contributed by atoms with Crippen molar-refractivity contribution >= 4 is 35.8 Å². The number of hydrogen-bond donors (Lipinski definition) is 0. The molecule has 2 heterocycles. The summed E-state index contributed by atoms with van der Waals surface area (Å²) in [7, 11) is 5.63. The molecule has 0 atom stereocenters. The van der Waals surface area contributed by atoms with Crippen LogP contribution in [0.15, 0.2) is 53.0 Å². The van der Waals surface area contributed by atoms with Crippen LogP contribution in [0.5, 0.6) is 0 Å². The van der Waals surface area contributed by atoms with E-state index in [4.69, 9.17) is 42.2 Å². The largest absolute Gasteiger partial charge is 0.640 e. The summed E-state index contributed by atoms with van der Waals surface area (Å²) in [6.07, 6.45) is -0.491. The highest BCUT2D eigenvalue weighted by atomic mass is 79.9. The van der Waals surface area contributed by atoms with Gasteiger partial charge in [-0.1, -0.05) is 52.3 Å². The minimum atomic E-state index is -0.523. The number of hydrogen-bond acceptors (Lipinski definition) is 9. The van der Waals surface area contributed by atoms with E-state index in [9.17, 15) is 0 Å². The minimum absolute atomic E-state index is 0.120. The van der Waals surface area contributed by atoms with E-state index in [1.807, 2.05) is 118 Å². The van der Waals surface area contributed by atoms with Crippen molar-refractivity contribution < 1.29 is 42.2 Å². The molecule has 0 unspecified atom stereocenters. The third-order valence-corrected chi connectivity index (χ3v) is 8.88. The SMILES string of the molecule is CC(C)OB1OC(C)(C)C(C)(C)O1.COC(OC)c1ccc(B2OC(C)(C)C(C)(C)O2)cc1.COC(OC)c1ccc(Br)cc1. The molecule has 2 aromatic rings. The van der Waals surface area contributed by atoms with Crippen molar-refractivity contribution in [3.8, 4) is 0 Å². The smallest absolute Gasteiger partial charge is 0.399 e. The van der Waals surface area contributed by atoms with Crippen molar-refractivity contribution in [1.82, 2.24) is 0 Å². The van der Waals surface area contributed by atoms with E-state index in [2.05, 4.69) is 15.9 Å². The summed E-state index contributed by atoms with van der Waals surface area (Å²) in [5.41, 5.74) is 1.74. The molecule has 12 heteroatoms.